The lowest BCUT2D eigenvalue weighted by Gasteiger charge is -2.23. The summed E-state index contributed by atoms with van der Waals surface area (Å²) in [6.45, 7) is 3.40. The van der Waals surface area contributed by atoms with Crippen LogP contribution in [-0.2, 0) is 4.79 Å². The summed E-state index contributed by atoms with van der Waals surface area (Å²) in [7, 11) is 0. The van der Waals surface area contributed by atoms with Gasteiger partial charge in [0, 0.05) is 18.7 Å². The predicted octanol–water partition coefficient (Wildman–Crippen LogP) is 3.17. The van der Waals surface area contributed by atoms with Crippen LogP contribution in [0, 0.1) is 0 Å². The fourth-order valence-corrected chi connectivity index (χ4v) is 2.90. The quantitative estimate of drug-likeness (QED) is 0.450. The molecule has 6 heteroatoms. The van der Waals surface area contributed by atoms with Crippen LogP contribution in [0.15, 0.2) is 29.4 Å². The molecule has 1 aromatic carbocycles. The van der Waals surface area contributed by atoms with E-state index >= 15 is 0 Å². The number of thiocarbonyl (C=S) groups is 1. The van der Waals surface area contributed by atoms with Gasteiger partial charge in [-0.25, -0.2) is 0 Å². The lowest BCUT2D eigenvalue weighted by atomic mass is 9.96. The van der Waals surface area contributed by atoms with Crippen LogP contribution in [0.5, 0.6) is 0 Å². The first-order valence-electron chi connectivity index (χ1n) is 8.03. The number of hydrazone groups is 1. The lowest BCUT2D eigenvalue weighted by molar-refractivity contribution is -0.114. The van der Waals surface area contributed by atoms with E-state index in [4.69, 9.17) is 12.2 Å². The van der Waals surface area contributed by atoms with E-state index in [2.05, 4.69) is 21.2 Å². The van der Waals surface area contributed by atoms with Gasteiger partial charge < -0.3 is 10.6 Å². The minimum atomic E-state index is -0.0901. The van der Waals surface area contributed by atoms with Gasteiger partial charge in [0.25, 0.3) is 0 Å². The summed E-state index contributed by atoms with van der Waals surface area (Å²) in [5, 5.41) is 11.0. The largest absolute Gasteiger partial charge is 0.359 e. The Balaban J connectivity index is 1.91. The topological polar surface area (TPSA) is 65.5 Å². The van der Waals surface area contributed by atoms with E-state index in [9.17, 15) is 4.79 Å². The summed E-state index contributed by atoms with van der Waals surface area (Å²) in [6, 6.07) is 8.03. The van der Waals surface area contributed by atoms with Gasteiger partial charge in [-0.15, -0.1) is 0 Å². The summed E-state index contributed by atoms with van der Waals surface area (Å²) in [6.07, 6.45) is 6.18. The normalized spacial score (nSPS) is 15.8. The third kappa shape index (κ3) is 5.98. The summed E-state index contributed by atoms with van der Waals surface area (Å²) in [5.41, 5.74) is 5.41. The number of nitrogens with zero attached hydrogens (tertiary/aromatic N) is 1. The molecule has 1 fully saturated rings. The zero-order valence-corrected chi connectivity index (χ0v) is 14.5. The molecule has 0 aliphatic heterocycles. The van der Waals surface area contributed by atoms with Crippen molar-refractivity contribution in [3.63, 3.8) is 0 Å². The van der Waals surface area contributed by atoms with E-state index in [1.165, 1.54) is 39.0 Å². The fraction of sp³-hybridized carbons (Fsp3) is 0.471. The highest BCUT2D eigenvalue weighted by Gasteiger charge is 2.13. The van der Waals surface area contributed by atoms with Crippen molar-refractivity contribution in [2.75, 3.05) is 5.32 Å². The molecular formula is C17H24N4OS. The van der Waals surface area contributed by atoms with E-state index in [1.807, 2.05) is 31.2 Å². The maximum absolute atomic E-state index is 11.1. The number of carbonyl (C=O) groups excluding carboxylic acids is 1. The molecule has 2 rings (SSSR count). The smallest absolute Gasteiger partial charge is 0.221 e. The van der Waals surface area contributed by atoms with E-state index in [1.54, 1.807) is 0 Å². The van der Waals surface area contributed by atoms with Gasteiger partial charge in [0.1, 0.15) is 0 Å². The molecule has 3 N–H and O–H groups in total. The van der Waals surface area contributed by atoms with Crippen molar-refractivity contribution in [2.45, 2.75) is 52.0 Å². The van der Waals surface area contributed by atoms with Gasteiger partial charge in [0.15, 0.2) is 5.11 Å². The number of carbonyl (C=O) groups is 1. The summed E-state index contributed by atoms with van der Waals surface area (Å²) in [4.78, 5) is 11.1. The zero-order valence-electron chi connectivity index (χ0n) is 13.7. The van der Waals surface area contributed by atoms with E-state index < -0.39 is 0 Å². The maximum atomic E-state index is 11.1. The third-order valence-electron chi connectivity index (χ3n) is 3.87. The molecule has 0 spiro atoms. The third-order valence-corrected chi connectivity index (χ3v) is 4.08. The van der Waals surface area contributed by atoms with Crippen LogP contribution in [0.3, 0.4) is 0 Å². The molecule has 0 heterocycles. The molecular weight excluding hydrogens is 308 g/mol. The molecule has 0 unspecified atom stereocenters. The molecule has 0 saturated heterocycles. The second-order valence-corrected chi connectivity index (χ2v) is 6.29. The van der Waals surface area contributed by atoms with Gasteiger partial charge in [-0.05, 0) is 49.7 Å². The van der Waals surface area contributed by atoms with Crippen molar-refractivity contribution < 1.29 is 4.79 Å². The Morgan fingerprint density at radius 3 is 2.65 bits per heavy atom. The first-order chi connectivity index (χ1) is 11.0. The molecule has 5 nitrogen and oxygen atoms in total. The minimum Gasteiger partial charge on any atom is -0.359 e. The Bertz CT molecular complexity index is 594. The summed E-state index contributed by atoms with van der Waals surface area (Å²) in [5.74, 6) is -0.0901. The van der Waals surface area contributed by atoms with Gasteiger partial charge in [0.05, 0.1) is 5.71 Å². The number of nitrogens with one attached hydrogen (secondary N) is 3. The van der Waals surface area contributed by atoms with Gasteiger partial charge in [0.2, 0.25) is 5.91 Å². The molecule has 0 bridgehead atoms. The number of benzene rings is 1. The van der Waals surface area contributed by atoms with E-state index in [0.29, 0.717) is 11.2 Å². The van der Waals surface area contributed by atoms with Crippen LogP contribution in [0.1, 0.15) is 51.5 Å². The number of hydrogen-bond acceptors (Lipinski definition) is 3. The highest BCUT2D eigenvalue weighted by atomic mass is 32.1. The van der Waals surface area contributed by atoms with Gasteiger partial charge in [-0.3, -0.25) is 10.2 Å². The van der Waals surface area contributed by atoms with Crippen molar-refractivity contribution in [3.05, 3.63) is 29.8 Å². The van der Waals surface area contributed by atoms with Crippen LogP contribution in [-0.4, -0.2) is 22.8 Å². The Hall–Kier alpha value is -1.95. The van der Waals surface area contributed by atoms with Gasteiger partial charge in [-0.1, -0.05) is 31.4 Å². The molecule has 1 aliphatic carbocycles. The molecule has 1 aromatic rings. The van der Waals surface area contributed by atoms with Crippen molar-refractivity contribution in [1.29, 1.82) is 0 Å². The number of anilines is 1. The highest BCUT2D eigenvalue weighted by molar-refractivity contribution is 7.80. The number of amides is 1. The summed E-state index contributed by atoms with van der Waals surface area (Å²) < 4.78 is 0. The fourth-order valence-electron chi connectivity index (χ4n) is 2.69. The SMILES string of the molecule is CC(=O)Nc1cccc(C(C)=NNC(=S)NC2CCCCC2)c1. The monoisotopic (exact) mass is 332 g/mol. The molecule has 0 atom stereocenters. The Morgan fingerprint density at radius 1 is 1.22 bits per heavy atom. The second-order valence-electron chi connectivity index (χ2n) is 5.88. The second kappa shape index (κ2) is 8.62. The van der Waals surface area contributed by atoms with E-state index in [-0.39, 0.29) is 5.91 Å². The van der Waals surface area contributed by atoms with Crippen LogP contribution < -0.4 is 16.1 Å². The minimum absolute atomic E-state index is 0.0901. The van der Waals surface area contributed by atoms with Crippen molar-refractivity contribution >= 4 is 34.6 Å². The first-order valence-corrected chi connectivity index (χ1v) is 8.44. The van der Waals surface area contributed by atoms with Crippen molar-refractivity contribution in [3.8, 4) is 0 Å². The maximum Gasteiger partial charge on any atom is 0.221 e. The molecule has 0 aromatic heterocycles. The average molecular weight is 332 g/mol. The zero-order chi connectivity index (χ0) is 16.7. The highest BCUT2D eigenvalue weighted by Crippen LogP contribution is 2.17. The number of hydrogen-bond donors (Lipinski definition) is 3. The van der Waals surface area contributed by atoms with E-state index in [0.717, 1.165) is 17.0 Å². The van der Waals surface area contributed by atoms with Crippen molar-refractivity contribution in [1.82, 2.24) is 10.7 Å². The lowest BCUT2D eigenvalue weighted by Crippen LogP contribution is -2.41. The molecule has 1 aliphatic rings. The first kappa shape index (κ1) is 17.4. The average Bonchev–Trinajstić information content (AvgIpc) is 2.53. The Kier molecular flexibility index (Phi) is 6.52. The Labute approximate surface area is 142 Å². The van der Waals surface area contributed by atoms with Gasteiger partial charge >= 0.3 is 0 Å². The van der Waals surface area contributed by atoms with Crippen molar-refractivity contribution in [2.24, 2.45) is 5.10 Å². The number of rotatable bonds is 4. The van der Waals surface area contributed by atoms with Crippen LogP contribution in [0.4, 0.5) is 5.69 Å². The van der Waals surface area contributed by atoms with Crippen LogP contribution >= 0.6 is 12.2 Å². The Morgan fingerprint density at radius 2 is 1.96 bits per heavy atom. The predicted molar refractivity (Wildman–Crippen MR) is 98.7 cm³/mol. The summed E-state index contributed by atoms with van der Waals surface area (Å²) >= 11 is 5.30. The molecule has 23 heavy (non-hydrogen) atoms. The van der Waals surface area contributed by atoms with Crippen LogP contribution in [0.25, 0.3) is 0 Å². The van der Waals surface area contributed by atoms with Gasteiger partial charge in [-0.2, -0.15) is 5.10 Å². The molecule has 0 radical (unpaired) electrons. The molecule has 1 amide bonds. The van der Waals surface area contributed by atoms with Crippen LogP contribution in [0.2, 0.25) is 0 Å². The standard InChI is InChI=1S/C17H24N4OS/c1-12(14-7-6-10-16(11-14)18-13(2)22)20-21-17(23)19-15-8-4-3-5-9-15/h6-7,10-11,15H,3-5,8-9H2,1-2H3,(H,18,22)(H2,19,21,23). The molecule has 124 valence electrons. The molecule has 1 saturated carbocycles.